The number of alkyl halides is 3. The molecular weight excluding hydrogens is 261 g/mol. The molecule has 0 saturated carbocycles. The molecule has 0 atom stereocenters. The molecule has 106 valence electrons. The molecule has 1 aromatic rings. The van der Waals surface area contributed by atoms with E-state index in [1.807, 2.05) is 4.90 Å². The van der Waals surface area contributed by atoms with Crippen LogP contribution in [0.1, 0.15) is 12.8 Å². The lowest BCUT2D eigenvalue weighted by atomic mass is 10.4. The van der Waals surface area contributed by atoms with Crippen molar-refractivity contribution in [3.8, 4) is 0 Å². The van der Waals surface area contributed by atoms with Crippen LogP contribution >= 0.6 is 0 Å². The molecule has 0 aromatic carbocycles. The van der Waals surface area contributed by atoms with Crippen LogP contribution in [-0.4, -0.2) is 47.8 Å². The van der Waals surface area contributed by atoms with Crippen LogP contribution in [0.15, 0.2) is 0 Å². The Hall–Kier alpha value is -1.80. The third-order valence-corrected chi connectivity index (χ3v) is 2.68. The van der Waals surface area contributed by atoms with Gasteiger partial charge in [-0.3, -0.25) is 0 Å². The summed E-state index contributed by atoms with van der Waals surface area (Å²) in [5.41, 5.74) is 0. The van der Waals surface area contributed by atoms with Crippen LogP contribution in [0.25, 0.3) is 0 Å². The quantitative estimate of drug-likeness (QED) is 0.868. The first kappa shape index (κ1) is 13.6. The standard InChI is InChI=1S/C10H15F3N6/c1-14-7-16-8(15-6-10(11,12)13)18-9(17-7)19-4-2-3-5-19/h2-6H2,1H3,(H2,14,15,16,17,18). The van der Waals surface area contributed by atoms with Crippen molar-refractivity contribution in [2.75, 3.05) is 42.2 Å². The van der Waals surface area contributed by atoms with E-state index in [0.717, 1.165) is 25.9 Å². The van der Waals surface area contributed by atoms with Crippen molar-refractivity contribution in [2.24, 2.45) is 0 Å². The maximum absolute atomic E-state index is 12.2. The van der Waals surface area contributed by atoms with Gasteiger partial charge in [-0.15, -0.1) is 0 Å². The van der Waals surface area contributed by atoms with Gasteiger partial charge in [-0.05, 0) is 12.8 Å². The zero-order valence-corrected chi connectivity index (χ0v) is 10.5. The Bertz CT molecular complexity index is 430. The van der Waals surface area contributed by atoms with Crippen molar-refractivity contribution in [1.82, 2.24) is 15.0 Å². The van der Waals surface area contributed by atoms with E-state index >= 15 is 0 Å². The molecule has 19 heavy (non-hydrogen) atoms. The highest BCUT2D eigenvalue weighted by molar-refractivity contribution is 5.44. The van der Waals surface area contributed by atoms with Gasteiger partial charge in [0, 0.05) is 20.1 Å². The van der Waals surface area contributed by atoms with Crippen molar-refractivity contribution in [3.63, 3.8) is 0 Å². The van der Waals surface area contributed by atoms with E-state index < -0.39 is 12.7 Å². The molecule has 2 N–H and O–H groups in total. The Morgan fingerprint density at radius 2 is 1.74 bits per heavy atom. The van der Waals surface area contributed by atoms with E-state index in [1.165, 1.54) is 0 Å². The van der Waals surface area contributed by atoms with E-state index in [1.54, 1.807) is 7.05 Å². The van der Waals surface area contributed by atoms with E-state index in [2.05, 4.69) is 25.6 Å². The van der Waals surface area contributed by atoms with Crippen LogP contribution in [-0.2, 0) is 0 Å². The molecule has 1 aliphatic rings. The number of halogens is 3. The number of nitrogens with one attached hydrogen (secondary N) is 2. The van der Waals surface area contributed by atoms with Gasteiger partial charge in [0.1, 0.15) is 6.54 Å². The molecule has 1 aliphatic heterocycles. The number of aromatic nitrogens is 3. The third kappa shape index (κ3) is 3.83. The van der Waals surface area contributed by atoms with Crippen molar-refractivity contribution >= 4 is 17.8 Å². The molecule has 0 unspecified atom stereocenters. The highest BCUT2D eigenvalue weighted by Crippen LogP contribution is 2.20. The van der Waals surface area contributed by atoms with Crippen LogP contribution in [0, 0.1) is 0 Å². The van der Waals surface area contributed by atoms with Gasteiger partial charge in [0.15, 0.2) is 0 Å². The smallest absolute Gasteiger partial charge is 0.357 e. The molecule has 2 heterocycles. The maximum atomic E-state index is 12.2. The Kier molecular flexibility index (Phi) is 3.91. The Morgan fingerprint density at radius 3 is 2.32 bits per heavy atom. The average molecular weight is 276 g/mol. The van der Waals surface area contributed by atoms with Gasteiger partial charge in [-0.2, -0.15) is 28.1 Å². The van der Waals surface area contributed by atoms with E-state index in [-0.39, 0.29) is 11.9 Å². The topological polar surface area (TPSA) is 66.0 Å². The summed E-state index contributed by atoms with van der Waals surface area (Å²) in [4.78, 5) is 14.0. The summed E-state index contributed by atoms with van der Waals surface area (Å²) in [6, 6.07) is 0. The molecule has 0 amide bonds. The number of anilines is 3. The zero-order chi connectivity index (χ0) is 13.9. The second-order valence-electron chi connectivity index (χ2n) is 4.20. The van der Waals surface area contributed by atoms with E-state index in [9.17, 15) is 13.2 Å². The van der Waals surface area contributed by atoms with E-state index in [4.69, 9.17) is 0 Å². The molecule has 1 fully saturated rings. The number of nitrogens with zero attached hydrogens (tertiary/aromatic N) is 4. The lowest BCUT2D eigenvalue weighted by Gasteiger charge is -2.17. The molecule has 1 saturated heterocycles. The minimum atomic E-state index is -4.31. The number of rotatable bonds is 4. The molecule has 9 heteroatoms. The molecule has 1 aromatic heterocycles. The minimum absolute atomic E-state index is 0.0708. The monoisotopic (exact) mass is 276 g/mol. The summed E-state index contributed by atoms with van der Waals surface area (Å²) in [6.45, 7) is 0.456. The van der Waals surface area contributed by atoms with Gasteiger partial charge in [-0.1, -0.05) is 0 Å². The van der Waals surface area contributed by atoms with Gasteiger partial charge in [0.25, 0.3) is 0 Å². The summed E-state index contributed by atoms with van der Waals surface area (Å²) in [5, 5.41) is 4.89. The SMILES string of the molecule is CNc1nc(NCC(F)(F)F)nc(N2CCCC2)n1. The van der Waals surface area contributed by atoms with Gasteiger partial charge >= 0.3 is 6.18 Å². The predicted molar refractivity (Wildman–Crippen MR) is 65.4 cm³/mol. The van der Waals surface area contributed by atoms with Crippen LogP contribution < -0.4 is 15.5 Å². The Balaban J connectivity index is 2.15. The van der Waals surface area contributed by atoms with Gasteiger partial charge in [0.2, 0.25) is 17.8 Å². The van der Waals surface area contributed by atoms with Crippen molar-refractivity contribution < 1.29 is 13.2 Å². The normalized spacial score (nSPS) is 15.7. The fraction of sp³-hybridized carbons (Fsp3) is 0.700. The lowest BCUT2D eigenvalue weighted by molar-refractivity contribution is -0.115. The van der Waals surface area contributed by atoms with Crippen molar-refractivity contribution in [2.45, 2.75) is 19.0 Å². The van der Waals surface area contributed by atoms with Crippen LogP contribution in [0.5, 0.6) is 0 Å². The van der Waals surface area contributed by atoms with Crippen molar-refractivity contribution in [1.29, 1.82) is 0 Å². The Morgan fingerprint density at radius 1 is 1.11 bits per heavy atom. The minimum Gasteiger partial charge on any atom is -0.357 e. The third-order valence-electron chi connectivity index (χ3n) is 2.68. The predicted octanol–water partition coefficient (Wildman–Crippen LogP) is 1.49. The van der Waals surface area contributed by atoms with Crippen LogP contribution in [0.4, 0.5) is 31.0 Å². The highest BCUT2D eigenvalue weighted by atomic mass is 19.4. The van der Waals surface area contributed by atoms with Crippen LogP contribution in [0.3, 0.4) is 0 Å². The summed E-state index contributed by atoms with van der Waals surface area (Å²) >= 11 is 0. The summed E-state index contributed by atoms with van der Waals surface area (Å²) in [7, 11) is 1.61. The summed E-state index contributed by atoms with van der Waals surface area (Å²) in [5.74, 6) is 0.585. The average Bonchev–Trinajstić information content (AvgIpc) is 2.89. The fourth-order valence-electron chi connectivity index (χ4n) is 1.79. The van der Waals surface area contributed by atoms with Gasteiger partial charge < -0.3 is 15.5 Å². The molecule has 6 nitrogen and oxygen atoms in total. The highest BCUT2D eigenvalue weighted by Gasteiger charge is 2.27. The summed E-state index contributed by atoms with van der Waals surface area (Å²) < 4.78 is 36.5. The van der Waals surface area contributed by atoms with Gasteiger partial charge in [0.05, 0.1) is 0 Å². The first-order chi connectivity index (χ1) is 8.98. The summed E-state index contributed by atoms with van der Waals surface area (Å²) in [6.07, 6.45) is -2.24. The van der Waals surface area contributed by atoms with E-state index in [0.29, 0.717) is 5.95 Å². The molecule has 2 rings (SSSR count). The molecule has 0 aliphatic carbocycles. The number of hydrogen-bond acceptors (Lipinski definition) is 6. The maximum Gasteiger partial charge on any atom is 0.405 e. The second kappa shape index (κ2) is 5.45. The fourth-order valence-corrected chi connectivity index (χ4v) is 1.79. The molecule has 0 bridgehead atoms. The molecular formula is C10H15F3N6. The first-order valence-electron chi connectivity index (χ1n) is 5.97. The lowest BCUT2D eigenvalue weighted by Crippen LogP contribution is -2.25. The van der Waals surface area contributed by atoms with Crippen molar-refractivity contribution in [3.05, 3.63) is 0 Å². The second-order valence-corrected chi connectivity index (χ2v) is 4.20. The zero-order valence-electron chi connectivity index (χ0n) is 10.5. The van der Waals surface area contributed by atoms with Gasteiger partial charge in [-0.25, -0.2) is 0 Å². The van der Waals surface area contributed by atoms with Crippen LogP contribution in [0.2, 0.25) is 0 Å². The first-order valence-corrected chi connectivity index (χ1v) is 5.97. The number of hydrogen-bond donors (Lipinski definition) is 2. The Labute approximate surface area is 108 Å². The molecule has 0 radical (unpaired) electrons. The molecule has 0 spiro atoms. The largest absolute Gasteiger partial charge is 0.405 e.